The number of rotatable bonds is 7. The molecule has 2 heterocycles. The van der Waals surface area contributed by atoms with Crippen LogP contribution < -0.4 is 5.32 Å². The summed E-state index contributed by atoms with van der Waals surface area (Å²) < 4.78 is 27.9. The smallest absolute Gasteiger partial charge is 0.252 e. The first kappa shape index (κ1) is 24.9. The Balaban J connectivity index is 1.55. The Morgan fingerprint density at radius 2 is 1.62 bits per heavy atom. The molecule has 1 unspecified atom stereocenters. The maximum atomic E-state index is 13.5. The minimum atomic E-state index is -3.60. The number of nitrogens with one attached hydrogen (secondary N) is 1. The number of sulfonamides is 1. The van der Waals surface area contributed by atoms with Crippen LogP contribution in [0.5, 0.6) is 0 Å². The lowest BCUT2D eigenvalue weighted by molar-refractivity contribution is 0.0906. The van der Waals surface area contributed by atoms with E-state index in [4.69, 9.17) is 0 Å². The number of piperazine rings is 1. The molecule has 4 rings (SSSR count). The first-order valence-electron chi connectivity index (χ1n) is 12.2. The fourth-order valence-corrected chi connectivity index (χ4v) is 6.25. The summed E-state index contributed by atoms with van der Waals surface area (Å²) in [7, 11) is -1.48. The highest BCUT2D eigenvalue weighted by molar-refractivity contribution is 7.89. The Hall–Kier alpha value is -2.26. The van der Waals surface area contributed by atoms with Gasteiger partial charge in [0.25, 0.3) is 5.91 Å². The van der Waals surface area contributed by atoms with E-state index in [1.807, 2.05) is 37.3 Å². The van der Waals surface area contributed by atoms with Crippen molar-refractivity contribution in [2.24, 2.45) is 0 Å². The van der Waals surface area contributed by atoms with Gasteiger partial charge >= 0.3 is 0 Å². The predicted molar refractivity (Wildman–Crippen MR) is 134 cm³/mol. The third-order valence-electron chi connectivity index (χ3n) is 6.95. The van der Waals surface area contributed by atoms with Gasteiger partial charge in [0.15, 0.2) is 0 Å². The van der Waals surface area contributed by atoms with E-state index in [9.17, 15) is 13.2 Å². The van der Waals surface area contributed by atoms with E-state index in [0.29, 0.717) is 25.2 Å². The minimum Gasteiger partial charge on any atom is -0.344 e. The zero-order chi connectivity index (χ0) is 24.1. The van der Waals surface area contributed by atoms with Crippen LogP contribution in [0, 0.1) is 6.92 Å². The molecule has 2 aliphatic rings. The third-order valence-corrected chi connectivity index (χ3v) is 8.85. The van der Waals surface area contributed by atoms with Crippen LogP contribution in [0.3, 0.4) is 0 Å². The van der Waals surface area contributed by atoms with Crippen molar-refractivity contribution in [2.75, 3.05) is 52.9 Å². The molecule has 8 heteroatoms. The highest BCUT2D eigenvalue weighted by atomic mass is 32.2. The largest absolute Gasteiger partial charge is 0.344 e. The highest BCUT2D eigenvalue weighted by Gasteiger charge is 2.28. The Kier molecular flexibility index (Phi) is 8.03. The van der Waals surface area contributed by atoms with Gasteiger partial charge in [-0.15, -0.1) is 0 Å². The molecule has 184 valence electrons. The fraction of sp³-hybridized carbons (Fsp3) is 0.500. The van der Waals surface area contributed by atoms with Crippen molar-refractivity contribution in [3.8, 4) is 0 Å². The van der Waals surface area contributed by atoms with E-state index in [1.165, 1.54) is 0 Å². The lowest BCUT2D eigenvalue weighted by Crippen LogP contribution is -2.47. The number of nitrogens with zero attached hydrogens (tertiary/aromatic N) is 3. The van der Waals surface area contributed by atoms with E-state index in [-0.39, 0.29) is 16.8 Å². The number of hydrogen-bond acceptors (Lipinski definition) is 5. The summed E-state index contributed by atoms with van der Waals surface area (Å²) in [6.07, 6.45) is 2.81. The van der Waals surface area contributed by atoms with Gasteiger partial charge < -0.3 is 10.2 Å². The summed E-state index contributed by atoms with van der Waals surface area (Å²) in [6.45, 7) is 7.57. The first-order valence-corrected chi connectivity index (χ1v) is 13.7. The van der Waals surface area contributed by atoms with Gasteiger partial charge in [0, 0.05) is 51.4 Å². The van der Waals surface area contributed by atoms with Crippen molar-refractivity contribution in [2.45, 2.75) is 37.1 Å². The van der Waals surface area contributed by atoms with Crippen molar-refractivity contribution >= 4 is 15.9 Å². The predicted octanol–water partition coefficient (Wildman–Crippen LogP) is 2.89. The fourth-order valence-electron chi connectivity index (χ4n) is 4.70. The number of likely N-dealkylation sites (N-methyl/N-ethyl adjacent to an activating group) is 1. The van der Waals surface area contributed by atoms with Crippen molar-refractivity contribution in [1.29, 1.82) is 0 Å². The molecule has 2 saturated heterocycles. The van der Waals surface area contributed by atoms with Crippen LogP contribution in [0.15, 0.2) is 53.4 Å². The molecule has 7 nitrogen and oxygen atoms in total. The Morgan fingerprint density at radius 1 is 0.941 bits per heavy atom. The molecule has 2 fully saturated rings. The SMILES string of the molecule is Cc1ccc(S(=O)(=O)N2CCCCC2)cc1C(=O)NC(CN1CCN(C)CC1)c1ccccc1. The van der Waals surface area contributed by atoms with Crippen LogP contribution in [0.25, 0.3) is 0 Å². The molecule has 0 bridgehead atoms. The van der Waals surface area contributed by atoms with Crippen LogP contribution in [-0.2, 0) is 10.0 Å². The van der Waals surface area contributed by atoms with Crippen molar-refractivity contribution in [1.82, 2.24) is 19.4 Å². The van der Waals surface area contributed by atoms with E-state index < -0.39 is 10.0 Å². The van der Waals surface area contributed by atoms with E-state index >= 15 is 0 Å². The number of carbonyl (C=O) groups excluding carboxylic acids is 1. The quantitative estimate of drug-likeness (QED) is 0.654. The van der Waals surface area contributed by atoms with Gasteiger partial charge in [-0.2, -0.15) is 4.31 Å². The van der Waals surface area contributed by atoms with Crippen molar-refractivity contribution < 1.29 is 13.2 Å². The van der Waals surface area contributed by atoms with Gasteiger partial charge in [0.05, 0.1) is 10.9 Å². The molecule has 2 aromatic rings. The third kappa shape index (κ3) is 5.86. The average molecular weight is 485 g/mol. The molecule has 1 N–H and O–H groups in total. The second kappa shape index (κ2) is 11.0. The summed E-state index contributed by atoms with van der Waals surface area (Å²) >= 11 is 0. The van der Waals surface area contributed by atoms with Crippen molar-refractivity contribution in [3.05, 3.63) is 65.2 Å². The van der Waals surface area contributed by atoms with Gasteiger partial charge in [-0.05, 0) is 50.1 Å². The molecule has 1 atom stereocenters. The topological polar surface area (TPSA) is 73.0 Å². The summed E-state index contributed by atoms with van der Waals surface area (Å²) in [4.78, 5) is 18.3. The summed E-state index contributed by atoms with van der Waals surface area (Å²) in [5, 5.41) is 3.20. The zero-order valence-corrected chi connectivity index (χ0v) is 21.1. The first-order chi connectivity index (χ1) is 16.3. The van der Waals surface area contributed by atoms with Gasteiger partial charge in [0.1, 0.15) is 0 Å². The van der Waals surface area contributed by atoms with Crippen LogP contribution in [0.1, 0.15) is 46.8 Å². The van der Waals surface area contributed by atoms with Crippen LogP contribution >= 0.6 is 0 Å². The molecule has 0 radical (unpaired) electrons. The lowest BCUT2D eigenvalue weighted by Gasteiger charge is -2.35. The molecule has 2 aliphatic heterocycles. The number of amides is 1. The molecule has 0 spiro atoms. The number of aryl methyl sites for hydroxylation is 1. The van der Waals surface area contributed by atoms with E-state index in [0.717, 1.165) is 56.6 Å². The molecule has 0 aromatic heterocycles. The van der Waals surface area contributed by atoms with Crippen LogP contribution in [0.4, 0.5) is 0 Å². The van der Waals surface area contributed by atoms with E-state index in [2.05, 4.69) is 22.2 Å². The molecule has 2 aromatic carbocycles. The van der Waals surface area contributed by atoms with Crippen LogP contribution in [0.2, 0.25) is 0 Å². The molecule has 1 amide bonds. The maximum Gasteiger partial charge on any atom is 0.252 e. The normalized spacial score (nSPS) is 19.6. The zero-order valence-electron chi connectivity index (χ0n) is 20.2. The standard InChI is InChI=1S/C26H36N4O3S/c1-21-11-12-23(34(32,33)30-13-7-4-8-14-30)19-24(21)26(31)27-25(22-9-5-3-6-10-22)20-29-17-15-28(2)16-18-29/h3,5-6,9-12,19,25H,4,7-8,13-18,20H2,1-2H3,(H,27,31). The lowest BCUT2D eigenvalue weighted by atomic mass is 10.0. The summed E-state index contributed by atoms with van der Waals surface area (Å²) in [5.74, 6) is -0.240. The minimum absolute atomic E-state index is 0.182. The molecule has 0 aliphatic carbocycles. The molecular formula is C26H36N4O3S. The van der Waals surface area contributed by atoms with Gasteiger partial charge in [0.2, 0.25) is 10.0 Å². The highest BCUT2D eigenvalue weighted by Crippen LogP contribution is 2.24. The van der Waals surface area contributed by atoms with E-state index in [1.54, 1.807) is 22.5 Å². The Labute approximate surface area is 203 Å². The number of hydrogen-bond donors (Lipinski definition) is 1. The molecule has 34 heavy (non-hydrogen) atoms. The van der Waals surface area contributed by atoms with Crippen molar-refractivity contribution in [3.63, 3.8) is 0 Å². The summed E-state index contributed by atoms with van der Waals surface area (Å²) in [6, 6.07) is 14.7. The Bertz CT molecular complexity index is 1080. The number of piperidine rings is 1. The number of benzene rings is 2. The molecular weight excluding hydrogens is 448 g/mol. The Morgan fingerprint density at radius 3 is 2.29 bits per heavy atom. The van der Waals surface area contributed by atoms with Gasteiger partial charge in [-0.1, -0.05) is 42.8 Å². The number of carbonyl (C=O) groups is 1. The second-order valence-electron chi connectivity index (χ2n) is 9.48. The average Bonchev–Trinajstić information content (AvgIpc) is 2.86. The van der Waals surface area contributed by atoms with Gasteiger partial charge in [-0.3, -0.25) is 9.69 Å². The van der Waals surface area contributed by atoms with Gasteiger partial charge in [-0.25, -0.2) is 8.42 Å². The maximum absolute atomic E-state index is 13.5. The van der Waals surface area contributed by atoms with Crippen LogP contribution in [-0.4, -0.2) is 81.3 Å². The second-order valence-corrected chi connectivity index (χ2v) is 11.4. The monoisotopic (exact) mass is 484 g/mol. The molecule has 0 saturated carbocycles. The summed E-state index contributed by atoms with van der Waals surface area (Å²) in [5.41, 5.74) is 2.23.